The molecule has 0 amide bonds. The highest BCUT2D eigenvalue weighted by molar-refractivity contribution is 6.08. The monoisotopic (exact) mass is 460 g/mol. The minimum Gasteiger partial charge on any atom is -0.352 e. The van der Waals surface area contributed by atoms with Crippen molar-refractivity contribution in [2.45, 2.75) is 13.5 Å². The number of aryl methyl sites for hydroxylation is 1. The molecular formula is C25H21FN4O4. The van der Waals surface area contributed by atoms with E-state index in [-0.39, 0.29) is 27.2 Å². The molecule has 3 aromatic rings. The van der Waals surface area contributed by atoms with Gasteiger partial charge in [-0.3, -0.25) is 9.59 Å². The number of anilines is 1. The van der Waals surface area contributed by atoms with Crippen molar-refractivity contribution in [3.05, 3.63) is 74.1 Å². The summed E-state index contributed by atoms with van der Waals surface area (Å²) < 4.78 is 16.6. The summed E-state index contributed by atoms with van der Waals surface area (Å²) in [6.45, 7) is 4.88. The number of hydrogen-bond acceptors (Lipinski definition) is 7. The van der Waals surface area contributed by atoms with Crippen LogP contribution in [0, 0.1) is 5.82 Å². The van der Waals surface area contributed by atoms with Crippen molar-refractivity contribution < 1.29 is 18.8 Å². The van der Waals surface area contributed by atoms with Gasteiger partial charge in [0.05, 0.1) is 21.4 Å². The first-order chi connectivity index (χ1) is 16.5. The van der Waals surface area contributed by atoms with Gasteiger partial charge in [0.25, 0.3) is 0 Å². The third-order valence-electron chi connectivity index (χ3n) is 5.70. The van der Waals surface area contributed by atoms with Gasteiger partial charge in [-0.1, -0.05) is 12.1 Å². The molecular weight excluding hydrogens is 439 g/mol. The molecule has 8 nitrogen and oxygen atoms in total. The number of nitrogens with one attached hydrogen (secondary N) is 1. The average Bonchev–Trinajstić information content (AvgIpc) is 2.87. The second-order valence-electron chi connectivity index (χ2n) is 7.77. The summed E-state index contributed by atoms with van der Waals surface area (Å²) in [4.78, 5) is 54.1. The van der Waals surface area contributed by atoms with E-state index in [0.29, 0.717) is 43.9 Å². The van der Waals surface area contributed by atoms with Crippen molar-refractivity contribution >= 4 is 40.6 Å². The van der Waals surface area contributed by atoms with Gasteiger partial charge >= 0.3 is 0 Å². The van der Waals surface area contributed by atoms with E-state index < -0.39 is 17.0 Å². The fourth-order valence-electron chi connectivity index (χ4n) is 3.89. The lowest BCUT2D eigenvalue weighted by atomic mass is 10.1. The lowest BCUT2D eigenvalue weighted by Crippen LogP contribution is -2.44. The molecule has 1 fully saturated rings. The first-order valence-corrected chi connectivity index (χ1v) is 10.8. The van der Waals surface area contributed by atoms with E-state index in [2.05, 4.69) is 10.3 Å². The third-order valence-corrected chi connectivity index (χ3v) is 5.70. The van der Waals surface area contributed by atoms with Crippen LogP contribution in [0.15, 0.2) is 41.3 Å². The molecule has 1 aromatic carbocycles. The molecule has 3 heterocycles. The fraction of sp³-hybridized carbons (Fsp3) is 0.240. The first kappa shape index (κ1) is 23.0. The average molecular weight is 460 g/mol. The molecule has 9 heteroatoms. The van der Waals surface area contributed by atoms with E-state index in [1.165, 1.54) is 36.5 Å². The zero-order valence-corrected chi connectivity index (χ0v) is 18.4. The number of pyridine rings is 2. The predicted molar refractivity (Wildman–Crippen MR) is 125 cm³/mol. The molecule has 0 saturated carbocycles. The number of halogens is 1. The number of carbonyl (C=O) groups excluding carboxylic acids is 3. The number of carbonyl (C=O) groups is 1. The van der Waals surface area contributed by atoms with Gasteiger partial charge in [0.2, 0.25) is 5.43 Å². The van der Waals surface area contributed by atoms with Crippen LogP contribution in [-0.4, -0.2) is 53.4 Å². The molecule has 0 spiro atoms. The van der Waals surface area contributed by atoms with Crippen molar-refractivity contribution in [3.63, 3.8) is 0 Å². The van der Waals surface area contributed by atoms with Crippen molar-refractivity contribution in [2.75, 3.05) is 31.1 Å². The Kier molecular flexibility index (Phi) is 6.61. The number of benzene rings is 1. The largest absolute Gasteiger partial charge is 0.352 e. The second-order valence-corrected chi connectivity index (χ2v) is 7.77. The summed E-state index contributed by atoms with van der Waals surface area (Å²) >= 11 is 0. The van der Waals surface area contributed by atoms with E-state index in [0.717, 1.165) is 6.07 Å². The number of allylic oxidation sites excluding steroid dienone is 1. The molecule has 2 aromatic heterocycles. The normalized spacial score (nSPS) is 13.8. The standard InChI is InChI=1S/C25H21FN4O4/c1-2-29-13-20(22(33)6-4-16-3-5-17(14-31)18(11-16)15-32)23(34)19-12-21(26)25(28-24(19)29)30-9-7-27-8-10-30/h3-6,11-13,27H,2,7-10H2,1H3. The number of fused-ring (bicyclic) bond motifs is 1. The van der Waals surface area contributed by atoms with Crippen LogP contribution in [0.5, 0.6) is 0 Å². The summed E-state index contributed by atoms with van der Waals surface area (Å²) in [7, 11) is 0. The Bertz CT molecular complexity index is 1540. The van der Waals surface area contributed by atoms with Gasteiger partial charge in [-0.2, -0.15) is 0 Å². The van der Waals surface area contributed by atoms with Crippen molar-refractivity contribution in [2.24, 2.45) is 0 Å². The summed E-state index contributed by atoms with van der Waals surface area (Å²) in [5.74, 6) is 2.29. The molecule has 0 atom stereocenters. The Morgan fingerprint density at radius 2 is 1.91 bits per heavy atom. The van der Waals surface area contributed by atoms with Crippen molar-refractivity contribution in [3.8, 4) is 0 Å². The predicted octanol–water partition coefficient (Wildman–Crippen LogP) is -0.132. The quantitative estimate of drug-likeness (QED) is 0.418. The number of ketones is 1. The lowest BCUT2D eigenvalue weighted by molar-refractivity contribution is 0.104. The van der Waals surface area contributed by atoms with Crippen LogP contribution in [0.4, 0.5) is 10.2 Å². The number of aromatic nitrogens is 2. The van der Waals surface area contributed by atoms with E-state index in [4.69, 9.17) is 0 Å². The highest BCUT2D eigenvalue weighted by Gasteiger charge is 2.21. The van der Waals surface area contributed by atoms with Gasteiger partial charge in [-0.25, -0.2) is 19.0 Å². The van der Waals surface area contributed by atoms with Crippen LogP contribution in [-0.2, 0) is 16.1 Å². The van der Waals surface area contributed by atoms with Gasteiger partial charge in [0.1, 0.15) is 17.5 Å². The molecule has 1 N–H and O–H groups in total. The van der Waals surface area contributed by atoms with Crippen molar-refractivity contribution in [1.29, 1.82) is 0 Å². The van der Waals surface area contributed by atoms with Crippen LogP contribution in [0.2, 0.25) is 0 Å². The van der Waals surface area contributed by atoms with E-state index in [9.17, 15) is 23.6 Å². The Balaban J connectivity index is 1.76. The number of nitrogens with zero attached hydrogens (tertiary/aromatic N) is 3. The zero-order chi connectivity index (χ0) is 24.2. The second kappa shape index (κ2) is 9.77. The van der Waals surface area contributed by atoms with Gasteiger partial charge in [-0.15, -0.1) is 0 Å². The summed E-state index contributed by atoms with van der Waals surface area (Å²) in [6.07, 6.45) is 4.04. The van der Waals surface area contributed by atoms with Crippen LogP contribution in [0.3, 0.4) is 0 Å². The van der Waals surface area contributed by atoms with Crippen LogP contribution in [0.1, 0.15) is 22.8 Å². The fourth-order valence-corrected chi connectivity index (χ4v) is 3.89. The smallest absolute Gasteiger partial charge is 0.202 e. The van der Waals surface area contributed by atoms with E-state index in [1.807, 2.05) is 11.8 Å². The maximum atomic E-state index is 14.9. The molecule has 172 valence electrons. The number of rotatable bonds is 5. The van der Waals surface area contributed by atoms with E-state index in [1.54, 1.807) is 16.4 Å². The van der Waals surface area contributed by atoms with Crippen LogP contribution in [0.25, 0.3) is 17.1 Å². The number of hydrogen-bond donors (Lipinski definition) is 1. The Labute approximate surface area is 193 Å². The van der Waals surface area contributed by atoms with Gasteiger partial charge in [0, 0.05) is 38.9 Å². The molecule has 34 heavy (non-hydrogen) atoms. The van der Waals surface area contributed by atoms with Crippen molar-refractivity contribution in [1.82, 2.24) is 14.9 Å². The molecule has 1 aliphatic rings. The molecule has 1 saturated heterocycles. The molecule has 0 unspecified atom stereocenters. The molecule has 4 rings (SSSR count). The summed E-state index contributed by atoms with van der Waals surface area (Å²) in [6, 6.07) is 5.46. The molecule has 0 radical (unpaired) electrons. The minimum absolute atomic E-state index is 0.0190. The van der Waals surface area contributed by atoms with Gasteiger partial charge in [0.15, 0.2) is 17.4 Å². The molecule has 1 aliphatic heterocycles. The Morgan fingerprint density at radius 1 is 1.18 bits per heavy atom. The van der Waals surface area contributed by atoms with Crippen LogP contribution < -0.4 is 26.1 Å². The Morgan fingerprint density at radius 3 is 2.59 bits per heavy atom. The minimum atomic E-state index is -0.612. The maximum absolute atomic E-state index is 14.9. The van der Waals surface area contributed by atoms with E-state index >= 15 is 0 Å². The molecule has 0 bridgehead atoms. The summed E-state index contributed by atoms with van der Waals surface area (Å²) in [5, 5.41) is 3.31. The number of piperazine rings is 1. The van der Waals surface area contributed by atoms with Gasteiger partial charge < -0.3 is 14.8 Å². The first-order valence-electron chi connectivity index (χ1n) is 10.8. The van der Waals surface area contributed by atoms with Gasteiger partial charge in [-0.05, 0) is 36.8 Å². The third kappa shape index (κ3) is 4.36. The zero-order valence-electron chi connectivity index (χ0n) is 18.4. The summed E-state index contributed by atoms with van der Waals surface area (Å²) in [5.41, 5.74) is 0.0488. The molecule has 0 aliphatic carbocycles. The SMILES string of the molecule is CCn1cc(C(=O)C=Cc2ccc(=C=O)c(=C=O)c2)c(=O)c2cc(F)c(N3CCNCC3)nc21. The highest BCUT2D eigenvalue weighted by Crippen LogP contribution is 2.22. The lowest BCUT2D eigenvalue weighted by Gasteiger charge is -2.29. The van der Waals surface area contributed by atoms with Crippen LogP contribution >= 0.6 is 0 Å². The topological polar surface area (TPSA) is 101 Å². The maximum Gasteiger partial charge on any atom is 0.202 e. The Hall–Kier alpha value is -4.16. The highest BCUT2D eigenvalue weighted by atomic mass is 19.1.